The molecule has 0 unspecified atom stereocenters. The maximum Gasteiger partial charge on any atom is 0.438 e. The zero-order valence-corrected chi connectivity index (χ0v) is 37.8. The largest absolute Gasteiger partial charge is 0.438 e. The molecule has 2 fully saturated rings. The van der Waals surface area contributed by atoms with E-state index in [2.05, 4.69) is 58.8 Å². The molecule has 0 bridgehead atoms. The Balaban J connectivity index is 1.06. The summed E-state index contributed by atoms with van der Waals surface area (Å²) < 4.78 is 35.1. The van der Waals surface area contributed by atoms with E-state index in [4.69, 9.17) is 14.4 Å². The molecular weight excluding hydrogens is 828 g/mol. The first kappa shape index (κ1) is 40.9. The van der Waals surface area contributed by atoms with E-state index in [9.17, 15) is 9.59 Å². The highest BCUT2D eigenvalue weighted by molar-refractivity contribution is 6.00. The van der Waals surface area contributed by atoms with Crippen molar-refractivity contribution in [1.82, 2.24) is 48.3 Å². The number of aryl methyl sites for hydroxylation is 4. The van der Waals surface area contributed by atoms with Gasteiger partial charge in [-0.2, -0.15) is 10.2 Å². The van der Waals surface area contributed by atoms with Gasteiger partial charge in [0.05, 0.1) is 40.4 Å². The molecule has 16 heteroatoms. The number of benzene rings is 3. The zero-order valence-electron chi connectivity index (χ0n) is 37.8. The van der Waals surface area contributed by atoms with Crippen LogP contribution in [0.25, 0.3) is 39.0 Å². The minimum absolute atomic E-state index is 0.0256. The Morgan fingerprint density at radius 2 is 1.69 bits per heavy atom. The van der Waals surface area contributed by atoms with E-state index in [1.165, 1.54) is 5.56 Å². The van der Waals surface area contributed by atoms with Gasteiger partial charge in [-0.25, -0.2) is 18.7 Å². The van der Waals surface area contributed by atoms with Gasteiger partial charge in [-0.15, -0.1) is 0 Å². The van der Waals surface area contributed by atoms with E-state index in [-0.39, 0.29) is 34.9 Å². The molecule has 1 N–H and O–H groups in total. The van der Waals surface area contributed by atoms with Crippen LogP contribution in [0.15, 0.2) is 81.2 Å². The van der Waals surface area contributed by atoms with Gasteiger partial charge in [0, 0.05) is 60.9 Å². The molecule has 7 heterocycles. The van der Waals surface area contributed by atoms with E-state index < -0.39 is 17.3 Å². The van der Waals surface area contributed by atoms with Crippen LogP contribution in [0.3, 0.4) is 0 Å². The van der Waals surface area contributed by atoms with Gasteiger partial charge < -0.3 is 14.2 Å². The summed E-state index contributed by atoms with van der Waals surface area (Å²) in [7, 11) is 1.88. The summed E-state index contributed by atoms with van der Waals surface area (Å²) in [4.78, 5) is 47.5. The average molecular weight is 879 g/mol. The van der Waals surface area contributed by atoms with Gasteiger partial charge in [0.1, 0.15) is 22.9 Å². The number of hydrogen-bond acceptors (Lipinski definition) is 8. The normalized spacial score (nSPS) is 21.7. The van der Waals surface area contributed by atoms with Crippen molar-refractivity contribution in [3.05, 3.63) is 139 Å². The van der Waals surface area contributed by atoms with E-state index in [1.54, 1.807) is 63.1 Å². The minimum Gasteiger partial charge on any atom is -0.376 e. The molecule has 3 aliphatic rings. The van der Waals surface area contributed by atoms with Crippen molar-refractivity contribution in [2.45, 2.75) is 97.2 Å². The number of H-pyrrole nitrogens is 1. The summed E-state index contributed by atoms with van der Waals surface area (Å²) in [5.74, 6) is -0.0170. The number of halogens is 1. The third-order valence-corrected chi connectivity index (χ3v) is 14.5. The smallest absolute Gasteiger partial charge is 0.376 e. The minimum atomic E-state index is -0.827. The Bertz CT molecular complexity index is 3370. The number of rotatable bonds is 7. The third kappa shape index (κ3) is 6.16. The molecule has 1 aliphatic carbocycles. The summed E-state index contributed by atoms with van der Waals surface area (Å²) >= 11 is 0. The quantitative estimate of drug-likeness (QED) is 0.172. The number of carbonyl (C=O) groups excluding carboxylic acids is 1. The molecule has 2 aliphatic heterocycles. The van der Waals surface area contributed by atoms with E-state index in [0.717, 1.165) is 45.9 Å². The number of ether oxygens (including phenoxy) is 1. The van der Waals surface area contributed by atoms with E-state index in [1.807, 2.05) is 44.0 Å². The lowest BCUT2D eigenvalue weighted by molar-refractivity contribution is -0.0592. The molecule has 65 heavy (non-hydrogen) atoms. The van der Waals surface area contributed by atoms with Crippen molar-refractivity contribution in [3.63, 3.8) is 0 Å². The van der Waals surface area contributed by atoms with Crippen LogP contribution in [-0.4, -0.2) is 73.0 Å². The first-order valence-corrected chi connectivity index (χ1v) is 22.3. The zero-order chi connectivity index (χ0) is 45.4. The van der Waals surface area contributed by atoms with Crippen molar-refractivity contribution in [2.75, 3.05) is 13.2 Å². The lowest BCUT2D eigenvalue weighted by atomic mass is 9.83. The summed E-state index contributed by atoms with van der Waals surface area (Å²) in [6.07, 6.45) is 8.08. The second kappa shape index (κ2) is 14.3. The number of imidazole rings is 1. The monoisotopic (exact) mass is 878 g/mol. The van der Waals surface area contributed by atoms with Gasteiger partial charge in [-0.3, -0.25) is 28.1 Å². The Labute approximate surface area is 373 Å². The number of fused-ring (bicyclic) bond motifs is 3. The Morgan fingerprint density at radius 1 is 0.954 bits per heavy atom. The number of carbonyl (C=O) groups is 1. The van der Waals surface area contributed by atoms with Gasteiger partial charge in [0.2, 0.25) is 0 Å². The lowest BCUT2D eigenvalue weighted by Crippen LogP contribution is -2.41. The fourth-order valence-corrected chi connectivity index (χ4v) is 11.0. The Kier molecular flexibility index (Phi) is 9.03. The SMILES string of the molecule is Cc1cc(-n2nc3c(c2-n2ccn(-c4ccc5c(cnn5C)c4C)c2=O)[C@H](C)N(C(=O)c2cc4cc([C@H]5CCOC(C)(C)C5)ccc4n2[C@@]2(c4noc(=O)[nH]4)C[C@@H]2C)CC3)cc(C)c1F. The highest BCUT2D eigenvalue weighted by Gasteiger charge is 2.59. The Morgan fingerprint density at radius 3 is 2.40 bits per heavy atom. The molecule has 5 aromatic heterocycles. The second-order valence-corrected chi connectivity index (χ2v) is 19.1. The van der Waals surface area contributed by atoms with Crippen LogP contribution in [0.5, 0.6) is 0 Å². The number of nitrogens with one attached hydrogen (secondary N) is 1. The number of amides is 1. The van der Waals surface area contributed by atoms with Crippen molar-refractivity contribution in [1.29, 1.82) is 0 Å². The molecule has 0 radical (unpaired) electrons. The van der Waals surface area contributed by atoms with Crippen LogP contribution in [0, 0.1) is 32.5 Å². The van der Waals surface area contributed by atoms with Crippen molar-refractivity contribution < 1.29 is 18.4 Å². The molecule has 334 valence electrons. The molecule has 8 aromatic rings. The fraction of sp³-hybridized carbons (Fsp3) is 0.388. The van der Waals surface area contributed by atoms with Crippen LogP contribution < -0.4 is 11.4 Å². The van der Waals surface area contributed by atoms with E-state index in [0.29, 0.717) is 71.4 Å². The molecule has 15 nitrogen and oxygen atoms in total. The number of aromatic nitrogens is 9. The molecule has 4 atom stereocenters. The van der Waals surface area contributed by atoms with E-state index >= 15 is 9.18 Å². The maximum absolute atomic E-state index is 15.6. The molecule has 1 saturated carbocycles. The maximum atomic E-state index is 15.6. The summed E-state index contributed by atoms with van der Waals surface area (Å²) in [6.45, 7) is 14.7. The lowest BCUT2D eigenvalue weighted by Gasteiger charge is -2.35. The van der Waals surface area contributed by atoms with Crippen molar-refractivity contribution >= 4 is 27.7 Å². The fourth-order valence-electron chi connectivity index (χ4n) is 11.0. The number of aromatic amines is 1. The third-order valence-electron chi connectivity index (χ3n) is 14.5. The topological polar surface area (TPSA) is 156 Å². The Hall–Kier alpha value is -6.81. The molecule has 3 aromatic carbocycles. The van der Waals surface area contributed by atoms with Crippen molar-refractivity contribution in [3.8, 4) is 17.2 Å². The second-order valence-electron chi connectivity index (χ2n) is 19.1. The molecular formula is C49H51FN10O5. The van der Waals surface area contributed by atoms with Gasteiger partial charge in [0.15, 0.2) is 5.82 Å². The first-order valence-electron chi connectivity index (χ1n) is 22.3. The van der Waals surface area contributed by atoms with Crippen LogP contribution in [0.2, 0.25) is 0 Å². The summed E-state index contributed by atoms with van der Waals surface area (Å²) in [5.41, 5.74) is 6.59. The number of nitrogens with zero attached hydrogens (tertiary/aromatic N) is 9. The van der Waals surface area contributed by atoms with Gasteiger partial charge in [0.25, 0.3) is 5.91 Å². The van der Waals surface area contributed by atoms with Crippen LogP contribution in [0.4, 0.5) is 4.39 Å². The summed E-state index contributed by atoms with van der Waals surface area (Å²) in [6, 6.07) is 15.2. The van der Waals surface area contributed by atoms with Crippen molar-refractivity contribution in [2.24, 2.45) is 13.0 Å². The molecule has 1 amide bonds. The molecule has 0 spiro atoms. The van der Waals surface area contributed by atoms with Crippen LogP contribution in [0.1, 0.15) is 109 Å². The standard InChI is InChI=1S/C49H51FN10O5/c1-26-19-34(20-27(2)42(26)50)60-43(58-17-16-57(47(58)63)37-11-12-39-35(29(37)4)25-51-55(39)8)41-30(5)56(15-13-36(41)53-60)44(61)40-22-33-21-31(32-14-18-64-48(6,7)24-32)9-10-38(33)59(40)49(23-28(49)3)45-52-46(62)65-54-45/h9-12,16-17,19-22,25,28,30,32H,13-15,18,23-24H2,1-8H3,(H,52,54,62)/t28-,30-,32-,49-/m0/s1. The predicted molar refractivity (Wildman–Crippen MR) is 242 cm³/mol. The number of hydrogen-bond donors (Lipinski definition) is 1. The average Bonchev–Trinajstić information content (AvgIpc) is 3.90. The summed E-state index contributed by atoms with van der Waals surface area (Å²) in [5, 5.41) is 15.6. The van der Waals surface area contributed by atoms with Gasteiger partial charge in [-0.05, 0) is 137 Å². The first-order chi connectivity index (χ1) is 31.1. The predicted octanol–water partition coefficient (Wildman–Crippen LogP) is 7.61. The molecule has 11 rings (SSSR count). The van der Waals surface area contributed by atoms with Crippen LogP contribution in [-0.2, 0) is 23.7 Å². The molecule has 1 saturated heterocycles. The highest BCUT2D eigenvalue weighted by Crippen LogP contribution is 2.56. The highest BCUT2D eigenvalue weighted by atomic mass is 19.1. The van der Waals surface area contributed by atoms with Gasteiger partial charge in [-0.1, -0.05) is 18.1 Å². The van der Waals surface area contributed by atoms with Crippen LogP contribution >= 0.6 is 0 Å². The van der Waals surface area contributed by atoms with Gasteiger partial charge >= 0.3 is 11.4 Å².